The van der Waals surface area contributed by atoms with Crippen LogP contribution in [0.25, 0.3) is 0 Å². The van der Waals surface area contributed by atoms with Crippen LogP contribution in [0.15, 0.2) is 30.7 Å². The van der Waals surface area contributed by atoms with E-state index in [1.165, 1.54) is 0 Å². The summed E-state index contributed by atoms with van der Waals surface area (Å²) in [4.78, 5) is 11.2. The van der Waals surface area contributed by atoms with Crippen LogP contribution in [-0.2, 0) is 6.54 Å². The highest BCUT2D eigenvalue weighted by Crippen LogP contribution is 2.06. The normalized spacial score (nSPS) is 10.0. The number of nitrogen functional groups attached to an aromatic ring is 1. The Kier molecular flexibility index (Phi) is 2.31. The summed E-state index contributed by atoms with van der Waals surface area (Å²) in [5, 5.41) is 3.11. The topological polar surface area (TPSA) is 79.6 Å². The molecule has 2 heterocycles. The first-order chi connectivity index (χ1) is 6.84. The van der Waals surface area contributed by atoms with E-state index in [9.17, 15) is 0 Å². The summed E-state index contributed by atoms with van der Waals surface area (Å²) in [6, 6.07) is 3.63. The second kappa shape index (κ2) is 3.78. The van der Waals surface area contributed by atoms with Gasteiger partial charge in [-0.25, -0.2) is 9.97 Å². The van der Waals surface area contributed by atoms with Crippen LogP contribution in [0.2, 0.25) is 0 Å². The molecule has 0 unspecified atom stereocenters. The van der Waals surface area contributed by atoms with E-state index >= 15 is 0 Å². The Balaban J connectivity index is 1.95. The van der Waals surface area contributed by atoms with E-state index in [-0.39, 0.29) is 0 Å². The molecule has 2 aromatic heterocycles. The van der Waals surface area contributed by atoms with Gasteiger partial charge >= 0.3 is 0 Å². The molecule has 0 amide bonds. The predicted molar refractivity (Wildman–Crippen MR) is 54.6 cm³/mol. The summed E-state index contributed by atoms with van der Waals surface area (Å²) < 4.78 is 0. The standard InChI is InChI=1S/C9H11N5/c10-7-1-2-8(13-5-7)14-6-9-11-3-4-12-9/h1-5H,6,10H2,(H,11,12)(H,13,14). The van der Waals surface area contributed by atoms with Crippen LogP contribution in [-0.4, -0.2) is 15.0 Å². The third kappa shape index (κ3) is 2.01. The number of H-pyrrole nitrogens is 1. The van der Waals surface area contributed by atoms with Crippen molar-refractivity contribution in [2.75, 3.05) is 11.1 Å². The van der Waals surface area contributed by atoms with Crippen molar-refractivity contribution >= 4 is 11.5 Å². The molecule has 0 radical (unpaired) electrons. The van der Waals surface area contributed by atoms with E-state index in [4.69, 9.17) is 5.73 Å². The molecule has 0 bridgehead atoms. The van der Waals surface area contributed by atoms with Gasteiger partial charge < -0.3 is 16.0 Å². The Labute approximate surface area is 81.4 Å². The summed E-state index contributed by atoms with van der Waals surface area (Å²) in [5.74, 6) is 1.67. The molecule has 0 aliphatic heterocycles. The van der Waals surface area contributed by atoms with Crippen molar-refractivity contribution < 1.29 is 0 Å². The molecule has 0 spiro atoms. The second-order valence-electron chi connectivity index (χ2n) is 2.87. The summed E-state index contributed by atoms with van der Waals surface area (Å²) in [6.07, 6.45) is 5.12. The lowest BCUT2D eigenvalue weighted by molar-refractivity contribution is 0.988. The number of nitrogens with zero attached hydrogens (tertiary/aromatic N) is 2. The van der Waals surface area contributed by atoms with Crippen molar-refractivity contribution in [2.45, 2.75) is 6.54 Å². The first-order valence-electron chi connectivity index (χ1n) is 4.28. The van der Waals surface area contributed by atoms with Gasteiger partial charge in [0.2, 0.25) is 0 Å². The molecule has 0 aliphatic rings. The van der Waals surface area contributed by atoms with E-state index in [1.54, 1.807) is 24.7 Å². The lowest BCUT2D eigenvalue weighted by atomic mass is 10.4. The van der Waals surface area contributed by atoms with Crippen molar-refractivity contribution in [3.05, 3.63) is 36.5 Å². The largest absolute Gasteiger partial charge is 0.397 e. The fourth-order valence-electron chi connectivity index (χ4n) is 1.08. The zero-order chi connectivity index (χ0) is 9.80. The summed E-state index contributed by atoms with van der Waals surface area (Å²) in [7, 11) is 0. The molecule has 2 aromatic rings. The fourth-order valence-corrected chi connectivity index (χ4v) is 1.08. The molecule has 0 fully saturated rings. The van der Waals surface area contributed by atoms with Gasteiger partial charge in [0.05, 0.1) is 18.4 Å². The molecule has 72 valence electrons. The van der Waals surface area contributed by atoms with E-state index in [1.807, 2.05) is 6.07 Å². The maximum atomic E-state index is 5.51. The van der Waals surface area contributed by atoms with Crippen molar-refractivity contribution in [1.29, 1.82) is 0 Å². The molecular weight excluding hydrogens is 178 g/mol. The summed E-state index contributed by atoms with van der Waals surface area (Å²) >= 11 is 0. The lowest BCUT2D eigenvalue weighted by Crippen LogP contribution is -2.02. The molecule has 4 N–H and O–H groups in total. The Morgan fingerprint density at radius 2 is 2.29 bits per heavy atom. The van der Waals surface area contributed by atoms with Crippen LogP contribution in [0.5, 0.6) is 0 Å². The number of rotatable bonds is 3. The molecule has 0 atom stereocenters. The quantitative estimate of drug-likeness (QED) is 0.673. The average Bonchev–Trinajstić information content (AvgIpc) is 2.70. The van der Waals surface area contributed by atoms with Gasteiger partial charge in [0.1, 0.15) is 11.6 Å². The summed E-state index contributed by atoms with van der Waals surface area (Å²) in [6.45, 7) is 0.629. The molecule has 5 nitrogen and oxygen atoms in total. The third-order valence-electron chi connectivity index (χ3n) is 1.78. The zero-order valence-electron chi connectivity index (χ0n) is 7.57. The molecule has 2 rings (SSSR count). The number of nitrogens with one attached hydrogen (secondary N) is 2. The Morgan fingerprint density at radius 1 is 1.36 bits per heavy atom. The Morgan fingerprint density at radius 3 is 2.93 bits per heavy atom. The highest BCUT2D eigenvalue weighted by molar-refractivity contribution is 5.43. The molecule has 0 saturated carbocycles. The van der Waals surface area contributed by atoms with Gasteiger partial charge in [0.25, 0.3) is 0 Å². The monoisotopic (exact) mass is 189 g/mol. The number of hydrogen-bond donors (Lipinski definition) is 3. The average molecular weight is 189 g/mol. The number of aromatic amines is 1. The minimum Gasteiger partial charge on any atom is -0.397 e. The van der Waals surface area contributed by atoms with E-state index in [0.717, 1.165) is 11.6 Å². The highest BCUT2D eigenvalue weighted by Gasteiger charge is 1.95. The van der Waals surface area contributed by atoms with Crippen molar-refractivity contribution in [3.63, 3.8) is 0 Å². The molecule has 0 aromatic carbocycles. The predicted octanol–water partition coefficient (Wildman–Crippen LogP) is 0.999. The number of imidazole rings is 1. The van der Waals surface area contributed by atoms with Crippen LogP contribution in [0, 0.1) is 0 Å². The SMILES string of the molecule is Nc1ccc(NCc2ncc[nH]2)nc1. The number of pyridine rings is 1. The van der Waals surface area contributed by atoms with Gasteiger partial charge in [-0.3, -0.25) is 0 Å². The Bertz CT molecular complexity index is 378. The van der Waals surface area contributed by atoms with Crippen molar-refractivity contribution in [1.82, 2.24) is 15.0 Å². The van der Waals surface area contributed by atoms with Crippen molar-refractivity contribution in [3.8, 4) is 0 Å². The smallest absolute Gasteiger partial charge is 0.126 e. The van der Waals surface area contributed by atoms with Crippen LogP contribution in [0.3, 0.4) is 0 Å². The Hall–Kier alpha value is -2.04. The number of nitrogens with two attached hydrogens (primary N) is 1. The van der Waals surface area contributed by atoms with E-state index < -0.39 is 0 Å². The number of anilines is 2. The number of aromatic nitrogens is 3. The van der Waals surface area contributed by atoms with Crippen molar-refractivity contribution in [2.24, 2.45) is 0 Å². The molecule has 5 heteroatoms. The first kappa shape index (κ1) is 8.55. The van der Waals surface area contributed by atoms with E-state index in [0.29, 0.717) is 12.2 Å². The zero-order valence-corrected chi connectivity index (χ0v) is 7.57. The van der Waals surface area contributed by atoms with Gasteiger partial charge in [0.15, 0.2) is 0 Å². The van der Waals surface area contributed by atoms with Gasteiger partial charge in [-0.05, 0) is 12.1 Å². The molecule has 0 aliphatic carbocycles. The molecule has 0 saturated heterocycles. The maximum Gasteiger partial charge on any atom is 0.126 e. The maximum absolute atomic E-state index is 5.51. The molecular formula is C9H11N5. The van der Waals surface area contributed by atoms with Gasteiger partial charge in [-0.2, -0.15) is 0 Å². The second-order valence-corrected chi connectivity index (χ2v) is 2.87. The third-order valence-corrected chi connectivity index (χ3v) is 1.78. The lowest BCUT2D eigenvalue weighted by Gasteiger charge is -2.02. The van der Waals surface area contributed by atoms with Crippen LogP contribution < -0.4 is 11.1 Å². The highest BCUT2D eigenvalue weighted by atomic mass is 15.0. The van der Waals surface area contributed by atoms with Crippen LogP contribution in [0.1, 0.15) is 5.82 Å². The van der Waals surface area contributed by atoms with Gasteiger partial charge in [0, 0.05) is 12.4 Å². The minimum atomic E-state index is 0.629. The van der Waals surface area contributed by atoms with Gasteiger partial charge in [-0.1, -0.05) is 0 Å². The molecule has 14 heavy (non-hydrogen) atoms. The fraction of sp³-hybridized carbons (Fsp3) is 0.111. The summed E-state index contributed by atoms with van der Waals surface area (Å²) in [5.41, 5.74) is 6.17. The number of hydrogen-bond acceptors (Lipinski definition) is 4. The van der Waals surface area contributed by atoms with Crippen LogP contribution in [0.4, 0.5) is 11.5 Å². The van der Waals surface area contributed by atoms with Gasteiger partial charge in [-0.15, -0.1) is 0 Å². The van der Waals surface area contributed by atoms with E-state index in [2.05, 4.69) is 20.3 Å². The minimum absolute atomic E-state index is 0.629. The first-order valence-corrected chi connectivity index (χ1v) is 4.28. The van der Waals surface area contributed by atoms with Crippen LogP contribution >= 0.6 is 0 Å².